The summed E-state index contributed by atoms with van der Waals surface area (Å²) < 4.78 is 31.6. The standard InChI is InChI=1S/C17H14N2O3S/c18-12-16-8-10-22-17(16)23(20,21)19-9-7-13-5-6-14-3-1-2-4-15(14)11-13/h1-6,8,10-11,19H,7,9H2. The van der Waals surface area contributed by atoms with E-state index < -0.39 is 10.0 Å². The normalized spacial score (nSPS) is 11.4. The lowest BCUT2D eigenvalue weighted by Crippen LogP contribution is -2.26. The quantitative estimate of drug-likeness (QED) is 0.781. The van der Waals surface area contributed by atoms with Crippen LogP contribution in [0.1, 0.15) is 11.1 Å². The number of rotatable bonds is 5. The van der Waals surface area contributed by atoms with Gasteiger partial charge in [0.15, 0.2) is 0 Å². The van der Waals surface area contributed by atoms with Crippen molar-refractivity contribution in [3.05, 3.63) is 65.9 Å². The minimum Gasteiger partial charge on any atom is -0.451 e. The number of hydrogen-bond donors (Lipinski definition) is 1. The van der Waals surface area contributed by atoms with E-state index in [0.29, 0.717) is 6.42 Å². The third-order valence-corrected chi connectivity index (χ3v) is 4.90. The molecule has 3 rings (SSSR count). The molecule has 1 N–H and O–H groups in total. The highest BCUT2D eigenvalue weighted by molar-refractivity contribution is 7.89. The van der Waals surface area contributed by atoms with Crippen molar-refractivity contribution < 1.29 is 12.8 Å². The second-order valence-electron chi connectivity index (χ2n) is 5.06. The zero-order valence-corrected chi connectivity index (χ0v) is 13.0. The fraction of sp³-hybridized carbons (Fsp3) is 0.118. The topological polar surface area (TPSA) is 83.1 Å². The molecule has 0 saturated heterocycles. The lowest BCUT2D eigenvalue weighted by molar-refractivity contribution is 0.444. The van der Waals surface area contributed by atoms with Gasteiger partial charge in [-0.15, -0.1) is 0 Å². The molecule has 1 aromatic heterocycles. The zero-order chi connectivity index (χ0) is 16.3. The predicted molar refractivity (Wildman–Crippen MR) is 86.3 cm³/mol. The zero-order valence-electron chi connectivity index (χ0n) is 12.2. The van der Waals surface area contributed by atoms with E-state index in [9.17, 15) is 8.42 Å². The van der Waals surface area contributed by atoms with Crippen molar-refractivity contribution in [3.63, 3.8) is 0 Å². The molecule has 0 saturated carbocycles. The van der Waals surface area contributed by atoms with Gasteiger partial charge in [0.2, 0.25) is 0 Å². The first kappa shape index (κ1) is 15.3. The number of fused-ring (bicyclic) bond motifs is 1. The van der Waals surface area contributed by atoms with E-state index in [1.165, 1.54) is 12.3 Å². The Bertz CT molecular complexity index is 984. The summed E-state index contributed by atoms with van der Waals surface area (Å²) in [5.74, 6) is 0. The van der Waals surface area contributed by atoms with Gasteiger partial charge in [0.25, 0.3) is 15.1 Å². The number of furan rings is 1. The van der Waals surface area contributed by atoms with Crippen molar-refractivity contribution in [3.8, 4) is 6.07 Å². The summed E-state index contributed by atoms with van der Waals surface area (Å²) >= 11 is 0. The average molecular weight is 326 g/mol. The van der Waals surface area contributed by atoms with Gasteiger partial charge in [-0.25, -0.2) is 13.1 Å². The fourth-order valence-electron chi connectivity index (χ4n) is 2.38. The molecule has 0 bridgehead atoms. The summed E-state index contributed by atoms with van der Waals surface area (Å²) in [6.45, 7) is 0.228. The summed E-state index contributed by atoms with van der Waals surface area (Å²) in [5.41, 5.74) is 1.04. The van der Waals surface area contributed by atoms with Crippen LogP contribution >= 0.6 is 0 Å². The van der Waals surface area contributed by atoms with Gasteiger partial charge in [-0.1, -0.05) is 42.5 Å². The molecule has 5 nitrogen and oxygen atoms in total. The molecule has 0 atom stereocenters. The molecule has 3 aromatic rings. The molecular formula is C17H14N2O3S. The van der Waals surface area contributed by atoms with Crippen molar-refractivity contribution in [2.45, 2.75) is 11.5 Å². The highest BCUT2D eigenvalue weighted by Gasteiger charge is 2.21. The van der Waals surface area contributed by atoms with E-state index in [0.717, 1.165) is 16.3 Å². The van der Waals surface area contributed by atoms with Crippen molar-refractivity contribution in [2.24, 2.45) is 0 Å². The summed E-state index contributed by atoms with van der Waals surface area (Å²) in [6, 6.07) is 17.2. The summed E-state index contributed by atoms with van der Waals surface area (Å²) in [7, 11) is -3.81. The van der Waals surface area contributed by atoms with Crippen LogP contribution in [0.2, 0.25) is 0 Å². The lowest BCUT2D eigenvalue weighted by Gasteiger charge is -2.06. The van der Waals surface area contributed by atoms with Crippen molar-refractivity contribution >= 4 is 20.8 Å². The molecule has 0 aliphatic heterocycles. The molecule has 0 aliphatic rings. The molecular weight excluding hydrogens is 312 g/mol. The fourth-order valence-corrected chi connectivity index (χ4v) is 3.46. The first-order valence-electron chi connectivity index (χ1n) is 7.05. The van der Waals surface area contributed by atoms with Crippen LogP contribution in [0, 0.1) is 11.3 Å². The molecule has 1 heterocycles. The Morgan fingerprint density at radius 2 is 1.87 bits per heavy atom. The largest absolute Gasteiger partial charge is 0.451 e. The Labute approximate surface area is 134 Å². The van der Waals surface area contributed by atoms with E-state index in [4.69, 9.17) is 9.68 Å². The number of nitriles is 1. The predicted octanol–water partition coefficient (Wildman–Crippen LogP) is 2.83. The molecule has 116 valence electrons. The molecule has 0 aliphatic carbocycles. The number of nitrogens with one attached hydrogen (secondary N) is 1. The average Bonchev–Trinajstić information content (AvgIpc) is 3.04. The minimum atomic E-state index is -3.81. The molecule has 0 unspecified atom stereocenters. The maximum absolute atomic E-state index is 12.1. The maximum Gasteiger partial charge on any atom is 0.275 e. The van der Waals surface area contributed by atoms with Crippen LogP contribution in [0.4, 0.5) is 0 Å². The highest BCUT2D eigenvalue weighted by Crippen LogP contribution is 2.17. The maximum atomic E-state index is 12.1. The van der Waals surface area contributed by atoms with Gasteiger partial charge in [-0.3, -0.25) is 0 Å². The third-order valence-electron chi connectivity index (χ3n) is 3.51. The van der Waals surface area contributed by atoms with Gasteiger partial charge in [0.05, 0.1) is 6.26 Å². The molecule has 0 fully saturated rings. The molecule has 0 spiro atoms. The molecule has 0 radical (unpaired) electrons. The summed E-state index contributed by atoms with van der Waals surface area (Å²) in [4.78, 5) is 0. The van der Waals surface area contributed by atoms with E-state index in [2.05, 4.69) is 4.72 Å². The van der Waals surface area contributed by atoms with Crippen LogP contribution in [-0.4, -0.2) is 15.0 Å². The minimum absolute atomic E-state index is 0.00297. The van der Waals surface area contributed by atoms with Gasteiger partial charge < -0.3 is 4.42 Å². The lowest BCUT2D eigenvalue weighted by atomic mass is 10.1. The van der Waals surface area contributed by atoms with E-state index in [1.807, 2.05) is 42.5 Å². The molecule has 6 heteroatoms. The van der Waals surface area contributed by atoms with E-state index >= 15 is 0 Å². The van der Waals surface area contributed by atoms with Crippen molar-refractivity contribution in [1.29, 1.82) is 5.26 Å². The Morgan fingerprint density at radius 1 is 1.09 bits per heavy atom. The highest BCUT2D eigenvalue weighted by atomic mass is 32.2. The van der Waals surface area contributed by atoms with Gasteiger partial charge in [-0.2, -0.15) is 5.26 Å². The Balaban J connectivity index is 1.70. The number of benzene rings is 2. The number of sulfonamides is 1. The van der Waals surface area contributed by atoms with Gasteiger partial charge in [-0.05, 0) is 28.8 Å². The second kappa shape index (κ2) is 6.24. The second-order valence-corrected chi connectivity index (χ2v) is 6.73. The van der Waals surface area contributed by atoms with Crippen LogP contribution in [0.15, 0.2) is 64.3 Å². The third kappa shape index (κ3) is 3.26. The van der Waals surface area contributed by atoms with Crippen LogP contribution in [0.3, 0.4) is 0 Å². The van der Waals surface area contributed by atoms with Crippen LogP contribution < -0.4 is 4.72 Å². The Morgan fingerprint density at radius 3 is 2.65 bits per heavy atom. The first-order chi connectivity index (χ1) is 11.1. The molecule has 2 aromatic carbocycles. The van der Waals surface area contributed by atoms with Crippen LogP contribution in [0.25, 0.3) is 10.8 Å². The van der Waals surface area contributed by atoms with E-state index in [1.54, 1.807) is 6.07 Å². The summed E-state index contributed by atoms with van der Waals surface area (Å²) in [5, 5.41) is 10.8. The number of nitrogens with zero attached hydrogens (tertiary/aromatic N) is 1. The number of hydrogen-bond acceptors (Lipinski definition) is 4. The first-order valence-corrected chi connectivity index (χ1v) is 8.53. The van der Waals surface area contributed by atoms with Gasteiger partial charge in [0, 0.05) is 6.54 Å². The monoisotopic (exact) mass is 326 g/mol. The smallest absolute Gasteiger partial charge is 0.275 e. The summed E-state index contributed by atoms with van der Waals surface area (Å²) in [6.07, 6.45) is 1.74. The Kier molecular flexibility index (Phi) is 4.15. The van der Waals surface area contributed by atoms with Gasteiger partial charge in [0.1, 0.15) is 11.6 Å². The van der Waals surface area contributed by atoms with Crippen molar-refractivity contribution in [1.82, 2.24) is 4.72 Å². The van der Waals surface area contributed by atoms with E-state index in [-0.39, 0.29) is 17.2 Å². The SMILES string of the molecule is N#Cc1ccoc1S(=O)(=O)NCCc1ccc2ccccc2c1. The molecule has 0 amide bonds. The van der Waals surface area contributed by atoms with Crippen LogP contribution in [-0.2, 0) is 16.4 Å². The molecule has 23 heavy (non-hydrogen) atoms. The van der Waals surface area contributed by atoms with Gasteiger partial charge >= 0.3 is 0 Å². The van der Waals surface area contributed by atoms with Crippen molar-refractivity contribution in [2.75, 3.05) is 6.54 Å². The Hall–Kier alpha value is -2.62. The van der Waals surface area contributed by atoms with Crippen LogP contribution in [0.5, 0.6) is 0 Å².